The summed E-state index contributed by atoms with van der Waals surface area (Å²) in [4.78, 5) is 9.03. The van der Waals surface area contributed by atoms with Crippen molar-refractivity contribution >= 4 is 16.7 Å². The number of anilines is 1. The molecule has 5 nitrogen and oxygen atoms in total. The summed E-state index contributed by atoms with van der Waals surface area (Å²) in [6, 6.07) is 22.6. The van der Waals surface area contributed by atoms with E-state index in [0.717, 1.165) is 41.3 Å². The van der Waals surface area contributed by atoms with E-state index < -0.39 is 0 Å². The molecule has 0 aliphatic heterocycles. The van der Waals surface area contributed by atoms with E-state index >= 15 is 0 Å². The summed E-state index contributed by atoms with van der Waals surface area (Å²) in [5.41, 5.74) is 3.13. The van der Waals surface area contributed by atoms with E-state index in [1.807, 2.05) is 36.4 Å². The SMILES string of the molecule is COc1ccc(CCNc2nccc(-c3ccc4ccccc4c3)n2)cc1OC. The van der Waals surface area contributed by atoms with Gasteiger partial charge in [-0.3, -0.25) is 0 Å². The Morgan fingerprint density at radius 1 is 0.828 bits per heavy atom. The summed E-state index contributed by atoms with van der Waals surface area (Å²) >= 11 is 0. The van der Waals surface area contributed by atoms with Crippen molar-refractivity contribution in [1.82, 2.24) is 9.97 Å². The van der Waals surface area contributed by atoms with Gasteiger partial charge < -0.3 is 14.8 Å². The molecule has 4 aromatic rings. The van der Waals surface area contributed by atoms with E-state index in [1.54, 1.807) is 20.4 Å². The van der Waals surface area contributed by atoms with Gasteiger partial charge in [-0.2, -0.15) is 0 Å². The summed E-state index contributed by atoms with van der Waals surface area (Å²) in [6.45, 7) is 0.719. The minimum Gasteiger partial charge on any atom is -0.493 e. The number of aromatic nitrogens is 2. The Labute approximate surface area is 170 Å². The van der Waals surface area contributed by atoms with Crippen LogP contribution in [-0.4, -0.2) is 30.7 Å². The van der Waals surface area contributed by atoms with Crippen molar-refractivity contribution in [2.45, 2.75) is 6.42 Å². The van der Waals surface area contributed by atoms with E-state index in [1.165, 1.54) is 10.8 Å². The number of nitrogens with zero attached hydrogens (tertiary/aromatic N) is 2. The number of hydrogen-bond donors (Lipinski definition) is 1. The second-order valence-electron chi connectivity index (χ2n) is 6.69. The molecule has 1 aromatic heterocycles. The fourth-order valence-corrected chi connectivity index (χ4v) is 3.31. The summed E-state index contributed by atoms with van der Waals surface area (Å²) in [6.07, 6.45) is 2.61. The van der Waals surface area contributed by atoms with E-state index in [4.69, 9.17) is 9.47 Å². The Morgan fingerprint density at radius 2 is 1.66 bits per heavy atom. The molecule has 0 aliphatic carbocycles. The van der Waals surface area contributed by atoms with Crippen molar-refractivity contribution in [3.63, 3.8) is 0 Å². The molecule has 0 aliphatic rings. The van der Waals surface area contributed by atoms with Crippen molar-refractivity contribution in [2.75, 3.05) is 26.1 Å². The molecule has 1 heterocycles. The lowest BCUT2D eigenvalue weighted by Crippen LogP contribution is -2.08. The van der Waals surface area contributed by atoms with Gasteiger partial charge in [-0.05, 0) is 47.0 Å². The highest BCUT2D eigenvalue weighted by atomic mass is 16.5. The smallest absolute Gasteiger partial charge is 0.223 e. The Bertz CT molecular complexity index is 1130. The molecule has 0 saturated carbocycles. The van der Waals surface area contributed by atoms with Crippen LogP contribution in [0.4, 0.5) is 5.95 Å². The molecule has 146 valence electrons. The zero-order valence-corrected chi connectivity index (χ0v) is 16.6. The fraction of sp³-hybridized carbons (Fsp3) is 0.167. The van der Waals surface area contributed by atoms with Gasteiger partial charge in [0.2, 0.25) is 5.95 Å². The van der Waals surface area contributed by atoms with Gasteiger partial charge in [0.25, 0.3) is 0 Å². The minimum absolute atomic E-state index is 0.621. The Morgan fingerprint density at radius 3 is 2.48 bits per heavy atom. The summed E-state index contributed by atoms with van der Waals surface area (Å²) in [5.74, 6) is 2.09. The van der Waals surface area contributed by atoms with Gasteiger partial charge in [0.15, 0.2) is 11.5 Å². The topological polar surface area (TPSA) is 56.3 Å². The lowest BCUT2D eigenvalue weighted by molar-refractivity contribution is 0.354. The number of ether oxygens (including phenoxy) is 2. The molecule has 1 N–H and O–H groups in total. The Kier molecular flexibility index (Phi) is 5.56. The first-order valence-electron chi connectivity index (χ1n) is 9.54. The van der Waals surface area contributed by atoms with Gasteiger partial charge >= 0.3 is 0 Å². The second kappa shape index (κ2) is 8.61. The van der Waals surface area contributed by atoms with Crippen molar-refractivity contribution in [1.29, 1.82) is 0 Å². The molecule has 0 unspecified atom stereocenters. The van der Waals surface area contributed by atoms with E-state index in [-0.39, 0.29) is 0 Å². The third kappa shape index (κ3) is 4.29. The number of fused-ring (bicyclic) bond motifs is 1. The summed E-state index contributed by atoms with van der Waals surface area (Å²) in [5, 5.41) is 5.73. The van der Waals surface area contributed by atoms with Crippen LogP contribution < -0.4 is 14.8 Å². The molecular formula is C24H23N3O2. The van der Waals surface area contributed by atoms with Crippen molar-refractivity contribution < 1.29 is 9.47 Å². The third-order valence-electron chi connectivity index (χ3n) is 4.85. The maximum atomic E-state index is 5.37. The first-order valence-corrected chi connectivity index (χ1v) is 9.54. The van der Waals surface area contributed by atoms with Crippen LogP contribution in [-0.2, 0) is 6.42 Å². The number of hydrogen-bond acceptors (Lipinski definition) is 5. The van der Waals surface area contributed by atoms with E-state index in [9.17, 15) is 0 Å². The largest absolute Gasteiger partial charge is 0.493 e. The summed E-state index contributed by atoms with van der Waals surface area (Å²) in [7, 11) is 3.28. The molecule has 0 radical (unpaired) electrons. The van der Waals surface area contributed by atoms with Crippen LogP contribution in [0.3, 0.4) is 0 Å². The monoisotopic (exact) mass is 385 g/mol. The zero-order chi connectivity index (χ0) is 20.1. The van der Waals surface area contributed by atoms with Crippen LogP contribution in [0.15, 0.2) is 72.9 Å². The average molecular weight is 385 g/mol. The standard InChI is InChI=1S/C24H23N3O2/c1-28-22-10-7-17(15-23(22)29-2)11-13-25-24-26-14-12-21(27-24)20-9-8-18-5-3-4-6-19(18)16-20/h3-10,12,14-16H,11,13H2,1-2H3,(H,25,26,27). The van der Waals surface area contributed by atoms with Crippen LogP contribution >= 0.6 is 0 Å². The second-order valence-corrected chi connectivity index (χ2v) is 6.69. The number of methoxy groups -OCH3 is 2. The van der Waals surface area contributed by atoms with Gasteiger partial charge in [-0.25, -0.2) is 9.97 Å². The lowest BCUT2D eigenvalue weighted by atomic mass is 10.1. The number of nitrogens with one attached hydrogen (secondary N) is 1. The molecule has 0 fully saturated rings. The maximum absolute atomic E-state index is 5.37. The highest BCUT2D eigenvalue weighted by Crippen LogP contribution is 2.28. The predicted molar refractivity (Wildman–Crippen MR) is 117 cm³/mol. The number of benzene rings is 3. The molecule has 4 rings (SSSR count). The number of rotatable bonds is 7. The van der Waals surface area contributed by atoms with Crippen LogP contribution in [0.5, 0.6) is 11.5 Å². The predicted octanol–water partition coefficient (Wildman–Crippen LogP) is 4.97. The normalized spacial score (nSPS) is 10.7. The third-order valence-corrected chi connectivity index (χ3v) is 4.85. The highest BCUT2D eigenvalue weighted by Gasteiger charge is 2.06. The lowest BCUT2D eigenvalue weighted by Gasteiger charge is -2.10. The molecule has 0 atom stereocenters. The first-order chi connectivity index (χ1) is 14.3. The van der Waals surface area contributed by atoms with Crippen LogP contribution in [0.1, 0.15) is 5.56 Å². The zero-order valence-electron chi connectivity index (χ0n) is 16.6. The van der Waals surface area contributed by atoms with E-state index in [0.29, 0.717) is 5.95 Å². The first kappa shape index (κ1) is 18.7. The quantitative estimate of drug-likeness (QED) is 0.487. The van der Waals surface area contributed by atoms with Gasteiger partial charge in [-0.1, -0.05) is 42.5 Å². The van der Waals surface area contributed by atoms with Gasteiger partial charge in [0.05, 0.1) is 19.9 Å². The molecule has 3 aromatic carbocycles. The summed E-state index contributed by atoms with van der Waals surface area (Å²) < 4.78 is 10.7. The van der Waals surface area contributed by atoms with Crippen LogP contribution in [0.2, 0.25) is 0 Å². The van der Waals surface area contributed by atoms with Gasteiger partial charge in [-0.15, -0.1) is 0 Å². The fourth-order valence-electron chi connectivity index (χ4n) is 3.31. The van der Waals surface area contributed by atoms with Crippen molar-refractivity contribution in [3.05, 3.63) is 78.5 Å². The van der Waals surface area contributed by atoms with Crippen molar-refractivity contribution in [2.24, 2.45) is 0 Å². The Balaban J connectivity index is 1.45. The molecule has 0 spiro atoms. The molecule has 0 amide bonds. The molecule has 0 bridgehead atoms. The van der Waals surface area contributed by atoms with Gasteiger partial charge in [0, 0.05) is 18.3 Å². The maximum Gasteiger partial charge on any atom is 0.223 e. The molecule has 5 heteroatoms. The highest BCUT2D eigenvalue weighted by molar-refractivity contribution is 5.86. The van der Waals surface area contributed by atoms with Crippen LogP contribution in [0, 0.1) is 0 Å². The molecule has 29 heavy (non-hydrogen) atoms. The van der Waals surface area contributed by atoms with Crippen LogP contribution in [0.25, 0.3) is 22.0 Å². The Hall–Kier alpha value is -3.60. The van der Waals surface area contributed by atoms with E-state index in [2.05, 4.69) is 45.6 Å². The van der Waals surface area contributed by atoms with Gasteiger partial charge in [0.1, 0.15) is 0 Å². The average Bonchev–Trinajstić information content (AvgIpc) is 2.79. The minimum atomic E-state index is 0.621. The molecule has 0 saturated heterocycles. The molecular weight excluding hydrogens is 362 g/mol. The van der Waals surface area contributed by atoms with Crippen molar-refractivity contribution in [3.8, 4) is 22.8 Å².